The van der Waals surface area contributed by atoms with E-state index in [2.05, 4.69) is 10.3 Å². The van der Waals surface area contributed by atoms with Gasteiger partial charge in [0.15, 0.2) is 5.65 Å². The maximum absolute atomic E-state index is 13.3. The van der Waals surface area contributed by atoms with Gasteiger partial charge in [0.25, 0.3) is 11.5 Å². The number of ether oxygens (including phenoxy) is 1. The van der Waals surface area contributed by atoms with Crippen molar-refractivity contribution in [3.8, 4) is 17.1 Å². The summed E-state index contributed by atoms with van der Waals surface area (Å²) in [6, 6.07) is 9.99. The summed E-state index contributed by atoms with van der Waals surface area (Å²) in [5.74, 6) is 0.0492. The number of hydrogen-bond donors (Lipinski definition) is 2. The van der Waals surface area contributed by atoms with Crippen LogP contribution in [0.15, 0.2) is 56.7 Å². The van der Waals surface area contributed by atoms with Gasteiger partial charge in [-0.05, 0) is 24.3 Å². The number of anilines is 2. The van der Waals surface area contributed by atoms with Gasteiger partial charge in [0.1, 0.15) is 17.3 Å². The Labute approximate surface area is 175 Å². The highest BCUT2D eigenvalue weighted by Gasteiger charge is 2.26. The van der Waals surface area contributed by atoms with Crippen LogP contribution in [0.1, 0.15) is 10.4 Å². The minimum Gasteiger partial charge on any atom is -0.497 e. The van der Waals surface area contributed by atoms with Crippen LogP contribution in [0.4, 0.5) is 11.5 Å². The molecule has 4 rings (SSSR count). The predicted octanol–water partition coefficient (Wildman–Crippen LogP) is 1.74. The van der Waals surface area contributed by atoms with Gasteiger partial charge >= 0.3 is 5.69 Å². The first kappa shape index (κ1) is 20.0. The van der Waals surface area contributed by atoms with Crippen LogP contribution in [-0.2, 0) is 14.1 Å². The van der Waals surface area contributed by atoms with Crippen LogP contribution >= 0.6 is 0 Å². The number of hydrogen-bond acceptors (Lipinski definition) is 7. The molecule has 1 aromatic carbocycles. The molecule has 10 heteroatoms. The van der Waals surface area contributed by atoms with Crippen molar-refractivity contribution < 1.29 is 13.9 Å². The molecule has 0 unspecified atom stereocenters. The number of methoxy groups -OCH3 is 1. The number of aromatic nitrogens is 3. The number of rotatable bonds is 4. The normalized spacial score (nSPS) is 10.9. The Balaban J connectivity index is 2.02. The SMILES string of the molecule is COc1cccc(NC(=O)c2c(N)nc3c(c2-c2ccco2)c(=O)n(C)c(=O)n3C)c1. The highest BCUT2D eigenvalue weighted by Crippen LogP contribution is 2.33. The van der Waals surface area contributed by atoms with Gasteiger partial charge in [0.05, 0.1) is 29.9 Å². The highest BCUT2D eigenvalue weighted by atomic mass is 16.5. The second-order valence-corrected chi connectivity index (χ2v) is 6.81. The third-order valence-electron chi connectivity index (χ3n) is 4.94. The quantitative estimate of drug-likeness (QED) is 0.512. The Morgan fingerprint density at radius 2 is 1.94 bits per heavy atom. The van der Waals surface area contributed by atoms with Crippen LogP contribution in [-0.4, -0.2) is 27.1 Å². The summed E-state index contributed by atoms with van der Waals surface area (Å²) in [6.07, 6.45) is 1.41. The topological polar surface area (TPSA) is 134 Å². The number of carbonyl (C=O) groups is 1. The van der Waals surface area contributed by atoms with E-state index in [4.69, 9.17) is 14.9 Å². The number of carbonyl (C=O) groups excluding carboxylic acids is 1. The van der Waals surface area contributed by atoms with Gasteiger partial charge < -0.3 is 20.2 Å². The minimum atomic E-state index is -0.618. The Kier molecular flexibility index (Phi) is 4.82. The van der Waals surface area contributed by atoms with Crippen LogP contribution < -0.4 is 27.0 Å². The average Bonchev–Trinajstić information content (AvgIpc) is 3.30. The largest absolute Gasteiger partial charge is 0.497 e. The molecule has 3 aromatic heterocycles. The lowest BCUT2D eigenvalue weighted by molar-refractivity contribution is 0.102. The second kappa shape index (κ2) is 7.48. The van der Waals surface area contributed by atoms with Gasteiger partial charge in [0.2, 0.25) is 0 Å². The number of nitrogens with zero attached hydrogens (tertiary/aromatic N) is 3. The van der Waals surface area contributed by atoms with Crippen molar-refractivity contribution in [3.05, 3.63) is 69.1 Å². The fourth-order valence-electron chi connectivity index (χ4n) is 3.40. The zero-order valence-corrected chi connectivity index (χ0v) is 17.0. The van der Waals surface area contributed by atoms with Crippen molar-refractivity contribution in [1.82, 2.24) is 14.1 Å². The molecule has 4 aromatic rings. The second-order valence-electron chi connectivity index (χ2n) is 6.81. The predicted molar refractivity (Wildman–Crippen MR) is 115 cm³/mol. The lowest BCUT2D eigenvalue weighted by atomic mass is 10.0. The zero-order valence-electron chi connectivity index (χ0n) is 17.0. The van der Waals surface area contributed by atoms with E-state index in [1.54, 1.807) is 36.4 Å². The Morgan fingerprint density at radius 1 is 1.16 bits per heavy atom. The number of fused-ring (bicyclic) bond motifs is 1. The molecular formula is C21H19N5O5. The van der Waals surface area contributed by atoms with Crippen LogP contribution in [0.5, 0.6) is 5.75 Å². The van der Waals surface area contributed by atoms with Crippen LogP contribution in [0, 0.1) is 0 Å². The molecule has 158 valence electrons. The lowest BCUT2D eigenvalue weighted by Crippen LogP contribution is -2.38. The van der Waals surface area contributed by atoms with Crippen molar-refractivity contribution in [2.45, 2.75) is 0 Å². The summed E-state index contributed by atoms with van der Waals surface area (Å²) in [5.41, 5.74) is 5.59. The van der Waals surface area contributed by atoms with Gasteiger partial charge in [-0.1, -0.05) is 6.07 Å². The standard InChI is InChI=1S/C21H19N5O5/c1-25-18-16(20(28)26(2)21(25)29)14(13-8-5-9-31-13)15(17(22)24-18)19(27)23-11-6-4-7-12(10-11)30-3/h4-10H,1-3H3,(H2,22,24)(H,23,27). The fraction of sp³-hybridized carbons (Fsp3) is 0.143. The summed E-state index contributed by atoms with van der Waals surface area (Å²) in [7, 11) is 4.34. The summed E-state index contributed by atoms with van der Waals surface area (Å²) in [5, 5.41) is 2.79. The molecule has 10 nitrogen and oxygen atoms in total. The molecule has 0 saturated carbocycles. The van der Waals surface area contributed by atoms with Crippen molar-refractivity contribution in [1.29, 1.82) is 0 Å². The molecule has 0 saturated heterocycles. The van der Waals surface area contributed by atoms with Crippen molar-refractivity contribution in [3.63, 3.8) is 0 Å². The van der Waals surface area contributed by atoms with Gasteiger partial charge in [-0.15, -0.1) is 0 Å². The van der Waals surface area contributed by atoms with Gasteiger partial charge in [-0.25, -0.2) is 9.78 Å². The molecule has 0 fully saturated rings. The maximum atomic E-state index is 13.3. The number of furan rings is 1. The van der Waals surface area contributed by atoms with E-state index >= 15 is 0 Å². The number of nitrogens with one attached hydrogen (secondary N) is 1. The van der Waals surface area contributed by atoms with Crippen LogP contribution in [0.2, 0.25) is 0 Å². The Hall–Kier alpha value is -4.34. The third kappa shape index (κ3) is 3.23. The number of benzene rings is 1. The van der Waals surface area contributed by atoms with Crippen molar-refractivity contribution in [2.75, 3.05) is 18.2 Å². The summed E-state index contributed by atoms with van der Waals surface area (Å²) in [4.78, 5) is 42.8. The highest BCUT2D eigenvalue weighted by molar-refractivity contribution is 6.15. The first-order valence-electron chi connectivity index (χ1n) is 9.22. The summed E-state index contributed by atoms with van der Waals surface area (Å²) >= 11 is 0. The number of pyridine rings is 1. The molecule has 1 amide bonds. The molecule has 0 atom stereocenters. The van der Waals surface area contributed by atoms with E-state index in [-0.39, 0.29) is 33.7 Å². The van der Waals surface area contributed by atoms with Crippen LogP contribution in [0.25, 0.3) is 22.4 Å². The monoisotopic (exact) mass is 421 g/mol. The molecule has 0 aliphatic rings. The maximum Gasteiger partial charge on any atom is 0.332 e. The van der Waals surface area contributed by atoms with E-state index < -0.39 is 17.2 Å². The first-order chi connectivity index (χ1) is 14.8. The van der Waals surface area contributed by atoms with E-state index in [0.29, 0.717) is 11.4 Å². The van der Waals surface area contributed by atoms with E-state index in [1.165, 1.54) is 32.0 Å². The zero-order chi connectivity index (χ0) is 22.3. The summed E-state index contributed by atoms with van der Waals surface area (Å²) < 4.78 is 12.8. The molecule has 0 aliphatic carbocycles. The number of aryl methyl sites for hydroxylation is 1. The van der Waals surface area contributed by atoms with E-state index in [0.717, 1.165) is 4.57 Å². The fourth-order valence-corrected chi connectivity index (χ4v) is 3.40. The Morgan fingerprint density at radius 3 is 2.61 bits per heavy atom. The molecule has 31 heavy (non-hydrogen) atoms. The van der Waals surface area contributed by atoms with Gasteiger partial charge in [-0.2, -0.15) is 0 Å². The molecular weight excluding hydrogens is 402 g/mol. The first-order valence-corrected chi connectivity index (χ1v) is 9.22. The number of nitrogens with two attached hydrogens (primary N) is 1. The average molecular weight is 421 g/mol. The lowest BCUT2D eigenvalue weighted by Gasteiger charge is -2.15. The van der Waals surface area contributed by atoms with Crippen molar-refractivity contribution in [2.24, 2.45) is 14.1 Å². The molecule has 0 aliphatic heterocycles. The molecule has 0 radical (unpaired) electrons. The Bertz CT molecular complexity index is 1430. The number of amides is 1. The smallest absolute Gasteiger partial charge is 0.332 e. The molecule has 0 bridgehead atoms. The van der Waals surface area contributed by atoms with Gasteiger partial charge in [-0.3, -0.25) is 18.7 Å². The van der Waals surface area contributed by atoms with Crippen LogP contribution in [0.3, 0.4) is 0 Å². The summed E-state index contributed by atoms with van der Waals surface area (Å²) in [6.45, 7) is 0. The molecule has 3 N–H and O–H groups in total. The minimum absolute atomic E-state index is 0.0407. The third-order valence-corrected chi connectivity index (χ3v) is 4.94. The molecule has 0 spiro atoms. The van der Waals surface area contributed by atoms with E-state index in [1.807, 2.05) is 0 Å². The van der Waals surface area contributed by atoms with E-state index in [9.17, 15) is 14.4 Å². The van der Waals surface area contributed by atoms with Gasteiger partial charge in [0, 0.05) is 25.8 Å². The molecule has 3 heterocycles. The number of nitrogen functional groups attached to an aromatic ring is 1. The van der Waals surface area contributed by atoms with Crippen molar-refractivity contribution >= 4 is 28.4 Å².